The maximum atomic E-state index is 12.0. The molecule has 118 valence electrons. The molecule has 0 bridgehead atoms. The fraction of sp³-hybridized carbons (Fsp3) is 0.333. The fourth-order valence-electron chi connectivity index (χ4n) is 2.25. The lowest BCUT2D eigenvalue weighted by molar-refractivity contribution is 0.485. The molecule has 0 unspecified atom stereocenters. The lowest BCUT2D eigenvalue weighted by atomic mass is 10.1. The molecule has 0 aliphatic rings. The summed E-state index contributed by atoms with van der Waals surface area (Å²) in [5, 5.41) is 0. The lowest BCUT2D eigenvalue weighted by Crippen LogP contribution is -2.12. The second kappa shape index (κ2) is 7.99. The van der Waals surface area contributed by atoms with E-state index in [-0.39, 0.29) is 5.75 Å². The second-order valence-corrected chi connectivity index (χ2v) is 6.94. The number of benzene rings is 2. The van der Waals surface area contributed by atoms with E-state index < -0.39 is 10.1 Å². The minimum Gasteiger partial charge on any atom is -0.382 e. The van der Waals surface area contributed by atoms with Gasteiger partial charge in [0.1, 0.15) is 11.5 Å². The zero-order chi connectivity index (χ0) is 15.8. The fourth-order valence-corrected chi connectivity index (χ4v) is 3.31. The molecule has 4 heteroatoms. The number of unbranched alkanes of at least 4 members (excludes halogenated alkanes) is 2. The summed E-state index contributed by atoms with van der Waals surface area (Å²) >= 11 is 0. The van der Waals surface area contributed by atoms with E-state index in [1.165, 1.54) is 18.4 Å². The Morgan fingerprint density at radius 2 is 1.55 bits per heavy atom. The molecule has 0 saturated heterocycles. The number of rotatable bonds is 8. The molecule has 0 aliphatic carbocycles. The third-order valence-electron chi connectivity index (χ3n) is 3.40. The highest BCUT2D eigenvalue weighted by Crippen LogP contribution is 2.18. The van der Waals surface area contributed by atoms with Crippen LogP contribution >= 0.6 is 0 Å². The average molecular weight is 318 g/mol. The quantitative estimate of drug-likeness (QED) is 0.537. The first-order valence-electron chi connectivity index (χ1n) is 7.64. The molecule has 2 aromatic rings. The summed E-state index contributed by atoms with van der Waals surface area (Å²) in [4.78, 5) is 0. The Morgan fingerprint density at radius 1 is 0.864 bits per heavy atom. The van der Waals surface area contributed by atoms with Crippen LogP contribution in [0.5, 0.6) is 5.75 Å². The van der Waals surface area contributed by atoms with Crippen LogP contribution in [0.4, 0.5) is 0 Å². The van der Waals surface area contributed by atoms with E-state index in [9.17, 15) is 8.42 Å². The first kappa shape index (κ1) is 16.6. The molecule has 2 rings (SSSR count). The molecule has 0 spiro atoms. The average Bonchev–Trinajstić information content (AvgIpc) is 2.49. The van der Waals surface area contributed by atoms with Crippen molar-refractivity contribution in [3.63, 3.8) is 0 Å². The minimum absolute atomic E-state index is 0.119. The van der Waals surface area contributed by atoms with Gasteiger partial charge in [0, 0.05) is 0 Å². The van der Waals surface area contributed by atoms with Crippen LogP contribution in [-0.2, 0) is 22.3 Å². The van der Waals surface area contributed by atoms with Crippen LogP contribution in [-0.4, -0.2) is 8.42 Å². The van der Waals surface area contributed by atoms with Crippen LogP contribution in [0.3, 0.4) is 0 Å². The molecule has 22 heavy (non-hydrogen) atoms. The highest BCUT2D eigenvalue weighted by atomic mass is 32.2. The van der Waals surface area contributed by atoms with Gasteiger partial charge in [-0.1, -0.05) is 62.2 Å². The Kier molecular flexibility index (Phi) is 6.01. The van der Waals surface area contributed by atoms with Gasteiger partial charge in [0.15, 0.2) is 0 Å². The second-order valence-electron chi connectivity index (χ2n) is 5.37. The summed E-state index contributed by atoms with van der Waals surface area (Å²) < 4.78 is 29.2. The van der Waals surface area contributed by atoms with Gasteiger partial charge >= 0.3 is 10.1 Å². The normalized spacial score (nSPS) is 11.3. The van der Waals surface area contributed by atoms with Crippen molar-refractivity contribution in [3.8, 4) is 5.75 Å². The monoisotopic (exact) mass is 318 g/mol. The zero-order valence-corrected chi connectivity index (χ0v) is 13.7. The van der Waals surface area contributed by atoms with Crippen molar-refractivity contribution in [3.05, 3.63) is 65.7 Å². The molecule has 0 saturated carbocycles. The molecule has 3 nitrogen and oxygen atoms in total. The zero-order valence-electron chi connectivity index (χ0n) is 12.9. The van der Waals surface area contributed by atoms with Crippen molar-refractivity contribution in [2.75, 3.05) is 0 Å². The van der Waals surface area contributed by atoms with Gasteiger partial charge in [0.05, 0.1) is 0 Å². The predicted molar refractivity (Wildman–Crippen MR) is 89.4 cm³/mol. The van der Waals surface area contributed by atoms with Gasteiger partial charge in [0.2, 0.25) is 0 Å². The van der Waals surface area contributed by atoms with Gasteiger partial charge in [-0.25, -0.2) is 0 Å². The summed E-state index contributed by atoms with van der Waals surface area (Å²) in [6, 6.07) is 16.4. The number of hydrogen-bond donors (Lipinski definition) is 0. The number of hydrogen-bond acceptors (Lipinski definition) is 3. The third-order valence-corrected chi connectivity index (χ3v) is 4.54. The molecule has 0 fully saturated rings. The molecule has 2 aromatic carbocycles. The van der Waals surface area contributed by atoms with Crippen molar-refractivity contribution >= 4 is 10.1 Å². The topological polar surface area (TPSA) is 43.4 Å². The van der Waals surface area contributed by atoms with Gasteiger partial charge < -0.3 is 4.18 Å². The van der Waals surface area contributed by atoms with Crippen molar-refractivity contribution in [1.29, 1.82) is 0 Å². The molecule has 0 radical (unpaired) electrons. The van der Waals surface area contributed by atoms with Gasteiger partial charge in [-0.2, -0.15) is 8.42 Å². The number of aryl methyl sites for hydroxylation is 1. The lowest BCUT2D eigenvalue weighted by Gasteiger charge is -2.08. The molecule has 0 atom stereocenters. The van der Waals surface area contributed by atoms with Gasteiger partial charge in [-0.05, 0) is 36.1 Å². The van der Waals surface area contributed by atoms with Gasteiger partial charge in [-0.3, -0.25) is 0 Å². The van der Waals surface area contributed by atoms with E-state index in [0.29, 0.717) is 5.75 Å². The molecular weight excluding hydrogens is 296 g/mol. The van der Waals surface area contributed by atoms with E-state index in [2.05, 4.69) is 6.92 Å². The SMILES string of the molecule is CCCCCc1ccc(OS(=O)(=O)Cc2ccccc2)cc1. The molecule has 0 amide bonds. The van der Waals surface area contributed by atoms with Crippen LogP contribution in [0.2, 0.25) is 0 Å². The smallest absolute Gasteiger partial charge is 0.313 e. The summed E-state index contributed by atoms with van der Waals surface area (Å²) in [6.45, 7) is 2.18. The molecule has 0 aromatic heterocycles. The largest absolute Gasteiger partial charge is 0.382 e. The maximum absolute atomic E-state index is 12.0. The van der Waals surface area contributed by atoms with Crippen molar-refractivity contribution in [2.45, 2.75) is 38.4 Å². The molecule has 0 aliphatic heterocycles. The minimum atomic E-state index is -3.62. The standard InChI is InChI=1S/C18H22O3S/c1-2-3-5-8-16-11-13-18(14-12-16)21-22(19,20)15-17-9-6-4-7-10-17/h4,6-7,9-14H,2-3,5,8,15H2,1H3. The van der Waals surface area contributed by atoms with Crippen LogP contribution in [0, 0.1) is 0 Å². The Bertz CT molecular complexity index is 661. The van der Waals surface area contributed by atoms with E-state index in [4.69, 9.17) is 4.18 Å². The van der Waals surface area contributed by atoms with E-state index in [1.54, 1.807) is 24.3 Å². The van der Waals surface area contributed by atoms with Crippen LogP contribution in [0.25, 0.3) is 0 Å². The Morgan fingerprint density at radius 3 is 2.18 bits per heavy atom. The van der Waals surface area contributed by atoms with E-state index >= 15 is 0 Å². The Balaban J connectivity index is 1.94. The Hall–Kier alpha value is -1.81. The highest BCUT2D eigenvalue weighted by Gasteiger charge is 2.13. The summed E-state index contributed by atoms with van der Waals surface area (Å²) in [5.41, 5.74) is 1.93. The third kappa shape index (κ3) is 5.53. The van der Waals surface area contributed by atoms with Crippen LogP contribution in [0.15, 0.2) is 54.6 Å². The highest BCUT2D eigenvalue weighted by molar-refractivity contribution is 7.86. The van der Waals surface area contributed by atoms with Crippen molar-refractivity contribution in [2.24, 2.45) is 0 Å². The summed E-state index contributed by atoms with van der Waals surface area (Å²) in [5.74, 6) is 0.252. The first-order chi connectivity index (χ1) is 10.6. The van der Waals surface area contributed by atoms with Gasteiger partial charge in [0.25, 0.3) is 0 Å². The van der Waals surface area contributed by atoms with Crippen molar-refractivity contribution < 1.29 is 12.6 Å². The Labute approximate surface area is 133 Å². The van der Waals surface area contributed by atoms with Crippen LogP contribution in [0.1, 0.15) is 37.3 Å². The molecule has 0 N–H and O–H groups in total. The van der Waals surface area contributed by atoms with Crippen molar-refractivity contribution in [1.82, 2.24) is 0 Å². The first-order valence-corrected chi connectivity index (χ1v) is 9.22. The molecular formula is C18H22O3S. The summed E-state index contributed by atoms with van der Waals surface area (Å²) in [7, 11) is -3.62. The molecule has 0 heterocycles. The predicted octanol–water partition coefficient (Wildman–Crippen LogP) is 4.33. The van der Waals surface area contributed by atoms with Gasteiger partial charge in [-0.15, -0.1) is 0 Å². The van der Waals surface area contributed by atoms with E-state index in [0.717, 1.165) is 18.4 Å². The van der Waals surface area contributed by atoms with E-state index in [1.807, 2.05) is 30.3 Å². The van der Waals surface area contributed by atoms with Crippen LogP contribution < -0.4 is 4.18 Å². The maximum Gasteiger partial charge on any atom is 0.313 e. The summed E-state index contributed by atoms with van der Waals surface area (Å²) in [6.07, 6.45) is 4.58.